The van der Waals surface area contributed by atoms with E-state index in [1.165, 1.54) is 17.8 Å². The molecule has 0 aromatic carbocycles. The Morgan fingerprint density at radius 1 is 1.24 bits per heavy atom. The highest BCUT2D eigenvalue weighted by Crippen LogP contribution is 2.32. The van der Waals surface area contributed by atoms with E-state index in [9.17, 15) is 18.0 Å². The van der Waals surface area contributed by atoms with Gasteiger partial charge in [0.05, 0.1) is 35.4 Å². The van der Waals surface area contributed by atoms with Gasteiger partial charge in [-0.1, -0.05) is 0 Å². The first kappa shape index (κ1) is 21.7. The van der Waals surface area contributed by atoms with Gasteiger partial charge in [0.25, 0.3) is 5.91 Å². The summed E-state index contributed by atoms with van der Waals surface area (Å²) in [5.41, 5.74) is 0.435. The summed E-state index contributed by atoms with van der Waals surface area (Å²) in [4.78, 5) is 20.6. The van der Waals surface area contributed by atoms with Gasteiger partial charge in [-0.3, -0.25) is 9.78 Å². The molecule has 0 atom stereocenters. The minimum atomic E-state index is -4.65. The van der Waals surface area contributed by atoms with Crippen LogP contribution in [0.15, 0.2) is 23.8 Å². The van der Waals surface area contributed by atoms with Crippen molar-refractivity contribution in [3.05, 3.63) is 35.1 Å². The Balaban J connectivity index is 1.67. The van der Waals surface area contributed by atoms with Crippen LogP contribution in [0.5, 0.6) is 0 Å². The van der Waals surface area contributed by atoms with E-state index in [2.05, 4.69) is 15.3 Å². The summed E-state index contributed by atoms with van der Waals surface area (Å²) in [6, 6.07) is 2.07. The molecule has 1 aliphatic rings. The maximum absolute atomic E-state index is 13.3. The van der Waals surface area contributed by atoms with Crippen LogP contribution in [0, 0.1) is 0 Å². The molecule has 0 aliphatic heterocycles. The van der Waals surface area contributed by atoms with E-state index in [-0.39, 0.29) is 23.4 Å². The molecule has 0 radical (unpaired) electrons. The fourth-order valence-electron chi connectivity index (χ4n) is 3.22. The zero-order valence-electron chi connectivity index (χ0n) is 15.9. The molecule has 6 nitrogen and oxygen atoms in total. The molecule has 3 rings (SSSR count). The van der Waals surface area contributed by atoms with E-state index in [0.29, 0.717) is 30.9 Å². The number of carbonyl (C=O) groups is 1. The summed E-state index contributed by atoms with van der Waals surface area (Å²) in [5.74, 6) is -0.535. The second-order valence-corrected chi connectivity index (χ2v) is 7.69. The minimum absolute atomic E-state index is 0.0609. The second-order valence-electron chi connectivity index (χ2n) is 6.80. The highest BCUT2D eigenvalue weighted by molar-refractivity contribution is 7.13. The molecule has 29 heavy (non-hydrogen) atoms. The lowest BCUT2D eigenvalue weighted by molar-refractivity contribution is -0.141. The van der Waals surface area contributed by atoms with Crippen molar-refractivity contribution in [1.82, 2.24) is 15.3 Å². The molecule has 2 heterocycles. The molecular formula is C19H22F3N3O3S. The predicted molar refractivity (Wildman–Crippen MR) is 102 cm³/mol. The molecule has 1 amide bonds. The summed E-state index contributed by atoms with van der Waals surface area (Å²) in [6.07, 6.45) is -0.109. The van der Waals surface area contributed by atoms with E-state index >= 15 is 0 Å². The number of methoxy groups -OCH3 is 1. The number of nitrogens with zero attached hydrogens (tertiary/aromatic N) is 2. The fourth-order valence-corrected chi connectivity index (χ4v) is 3.80. The van der Waals surface area contributed by atoms with Gasteiger partial charge in [-0.25, -0.2) is 4.98 Å². The summed E-state index contributed by atoms with van der Waals surface area (Å²) in [6.45, 7) is 1.05. The zero-order valence-corrected chi connectivity index (χ0v) is 16.7. The number of amides is 1. The van der Waals surface area contributed by atoms with Crippen molar-refractivity contribution < 1.29 is 27.4 Å². The molecule has 1 N–H and O–H groups in total. The average Bonchev–Trinajstić information content (AvgIpc) is 3.23. The van der Waals surface area contributed by atoms with Gasteiger partial charge in [0, 0.05) is 24.9 Å². The van der Waals surface area contributed by atoms with Gasteiger partial charge >= 0.3 is 6.18 Å². The largest absolute Gasteiger partial charge is 0.433 e. The van der Waals surface area contributed by atoms with Gasteiger partial charge in [-0.15, -0.1) is 11.3 Å². The quantitative estimate of drug-likeness (QED) is 0.676. The number of rotatable bonds is 7. The van der Waals surface area contributed by atoms with E-state index in [1.54, 1.807) is 7.11 Å². The zero-order chi connectivity index (χ0) is 20.9. The van der Waals surface area contributed by atoms with Crippen LogP contribution in [0.2, 0.25) is 0 Å². The van der Waals surface area contributed by atoms with Crippen LogP contribution in [0.1, 0.15) is 41.7 Å². The van der Waals surface area contributed by atoms with Crippen LogP contribution < -0.4 is 5.32 Å². The van der Waals surface area contributed by atoms with Crippen molar-refractivity contribution in [3.8, 4) is 10.6 Å². The molecule has 0 unspecified atom stereocenters. The molecule has 1 saturated carbocycles. The van der Waals surface area contributed by atoms with Crippen LogP contribution >= 0.6 is 11.3 Å². The number of alkyl halides is 3. The third-order valence-corrected chi connectivity index (χ3v) is 5.51. The number of aromatic nitrogens is 2. The third kappa shape index (κ3) is 5.97. The summed E-state index contributed by atoms with van der Waals surface area (Å²) in [7, 11) is 1.61. The van der Waals surface area contributed by atoms with Crippen molar-refractivity contribution in [2.24, 2.45) is 0 Å². The Morgan fingerprint density at radius 2 is 2.00 bits per heavy atom. The number of pyridine rings is 1. The van der Waals surface area contributed by atoms with Crippen molar-refractivity contribution >= 4 is 17.2 Å². The van der Waals surface area contributed by atoms with Crippen LogP contribution in [0.4, 0.5) is 13.2 Å². The first-order chi connectivity index (χ1) is 13.9. The maximum atomic E-state index is 13.3. The van der Waals surface area contributed by atoms with Crippen molar-refractivity contribution in [2.45, 2.75) is 44.0 Å². The van der Waals surface area contributed by atoms with E-state index in [0.717, 1.165) is 30.2 Å². The number of ether oxygens (including phenoxy) is 2. The number of hydrogen-bond donors (Lipinski definition) is 1. The number of thiazole rings is 1. The summed E-state index contributed by atoms with van der Waals surface area (Å²) < 4.78 is 50.4. The normalized spacial score (nSPS) is 19.9. The Hall–Kier alpha value is -2.04. The molecule has 158 valence electrons. The lowest BCUT2D eigenvalue weighted by atomic mass is 9.92. The van der Waals surface area contributed by atoms with Gasteiger partial charge in [0.1, 0.15) is 5.69 Å². The molecule has 1 aliphatic carbocycles. The highest BCUT2D eigenvalue weighted by Gasteiger charge is 2.34. The monoisotopic (exact) mass is 429 g/mol. The lowest BCUT2D eigenvalue weighted by Gasteiger charge is -2.29. The van der Waals surface area contributed by atoms with Crippen LogP contribution in [0.25, 0.3) is 10.6 Å². The Morgan fingerprint density at radius 3 is 2.62 bits per heavy atom. The standard InChI is InChI=1S/C19H22F3N3O3S/c1-27-6-7-28-14-4-2-13(3-5-14)24-18(26)12-8-15(16-10-23-11-29-16)25-17(9-12)19(20,21)22/h8-11,13-14H,2-7H2,1H3,(H,24,26)/t13-,14-. The Kier molecular flexibility index (Phi) is 7.20. The molecule has 2 aromatic heterocycles. The number of carbonyl (C=O) groups excluding carboxylic acids is 1. The Bertz CT molecular complexity index is 807. The van der Waals surface area contributed by atoms with Crippen molar-refractivity contribution in [3.63, 3.8) is 0 Å². The smallest absolute Gasteiger partial charge is 0.382 e. The molecule has 0 spiro atoms. The number of halogens is 3. The molecule has 1 fully saturated rings. The van der Waals surface area contributed by atoms with E-state index in [4.69, 9.17) is 9.47 Å². The fraction of sp³-hybridized carbons (Fsp3) is 0.526. The average molecular weight is 429 g/mol. The van der Waals surface area contributed by atoms with Crippen LogP contribution in [-0.2, 0) is 15.7 Å². The van der Waals surface area contributed by atoms with Gasteiger partial charge < -0.3 is 14.8 Å². The molecule has 0 saturated heterocycles. The van der Waals surface area contributed by atoms with Gasteiger partial charge in [0.15, 0.2) is 0 Å². The number of hydrogen-bond acceptors (Lipinski definition) is 6. The van der Waals surface area contributed by atoms with Crippen molar-refractivity contribution in [1.29, 1.82) is 0 Å². The van der Waals surface area contributed by atoms with Gasteiger partial charge in [-0.2, -0.15) is 13.2 Å². The predicted octanol–water partition coefficient (Wildman–Crippen LogP) is 3.93. The van der Waals surface area contributed by atoms with Gasteiger partial charge in [-0.05, 0) is 37.8 Å². The third-order valence-electron chi connectivity index (χ3n) is 4.71. The SMILES string of the molecule is COCCO[C@H]1CC[C@H](NC(=O)c2cc(-c3cncs3)nc(C(F)(F)F)c2)CC1. The molecule has 0 bridgehead atoms. The van der Waals surface area contributed by atoms with Gasteiger partial charge in [0.2, 0.25) is 0 Å². The number of nitrogens with one attached hydrogen (secondary N) is 1. The van der Waals surface area contributed by atoms with E-state index in [1.807, 2.05) is 0 Å². The topological polar surface area (TPSA) is 73.3 Å². The Labute approximate surface area is 170 Å². The minimum Gasteiger partial charge on any atom is -0.382 e. The molecule has 2 aromatic rings. The van der Waals surface area contributed by atoms with Crippen LogP contribution in [0.3, 0.4) is 0 Å². The first-order valence-corrected chi connectivity index (χ1v) is 10.1. The van der Waals surface area contributed by atoms with E-state index < -0.39 is 17.8 Å². The highest BCUT2D eigenvalue weighted by atomic mass is 32.1. The lowest BCUT2D eigenvalue weighted by Crippen LogP contribution is -2.39. The second kappa shape index (κ2) is 9.64. The van der Waals surface area contributed by atoms with Crippen LogP contribution in [-0.4, -0.2) is 48.3 Å². The van der Waals surface area contributed by atoms with Crippen molar-refractivity contribution in [2.75, 3.05) is 20.3 Å². The summed E-state index contributed by atoms with van der Waals surface area (Å²) in [5, 5.41) is 2.85. The first-order valence-electron chi connectivity index (χ1n) is 9.26. The maximum Gasteiger partial charge on any atom is 0.433 e. The summed E-state index contributed by atoms with van der Waals surface area (Å²) >= 11 is 1.16. The molecule has 10 heteroatoms. The molecular weight excluding hydrogens is 407 g/mol.